The summed E-state index contributed by atoms with van der Waals surface area (Å²) in [6, 6.07) is 7.47. The first kappa shape index (κ1) is 13.6. The molecule has 0 saturated heterocycles. The van der Waals surface area contributed by atoms with Gasteiger partial charge in [0.2, 0.25) is 5.91 Å². The van der Waals surface area contributed by atoms with Crippen molar-refractivity contribution in [1.82, 2.24) is 4.90 Å². The topological polar surface area (TPSA) is 57.6 Å². The molecule has 1 unspecified atom stereocenters. The number of benzene rings is 1. The van der Waals surface area contributed by atoms with Gasteiger partial charge < -0.3 is 10.0 Å². The fourth-order valence-corrected chi connectivity index (χ4v) is 2.63. The van der Waals surface area contributed by atoms with E-state index in [4.69, 9.17) is 5.11 Å². The standard InChI is InChI=1S/C15H19NO3/c1-10(2)15(19)16-8-7-11-5-3-4-6-12(11)13(16)9-14(17)18/h3-6,10,13H,7-9H2,1-2H3,(H,17,18). The van der Waals surface area contributed by atoms with Crippen LogP contribution in [0, 0.1) is 5.92 Å². The van der Waals surface area contributed by atoms with Crippen LogP contribution in [0.25, 0.3) is 0 Å². The minimum Gasteiger partial charge on any atom is -0.481 e. The molecule has 1 aliphatic rings. The number of amides is 1. The van der Waals surface area contributed by atoms with Crippen molar-refractivity contribution in [2.24, 2.45) is 5.92 Å². The normalized spacial score (nSPS) is 18.3. The molecule has 1 heterocycles. The Balaban J connectivity index is 2.36. The van der Waals surface area contributed by atoms with Gasteiger partial charge in [-0.2, -0.15) is 0 Å². The molecule has 1 aliphatic heterocycles. The Bertz CT molecular complexity index is 496. The lowest BCUT2D eigenvalue weighted by molar-refractivity contribution is -0.142. The number of aliphatic carboxylic acids is 1. The van der Waals surface area contributed by atoms with E-state index in [2.05, 4.69) is 0 Å². The number of rotatable bonds is 3. The maximum atomic E-state index is 12.2. The molecule has 1 aromatic carbocycles. The SMILES string of the molecule is CC(C)C(=O)N1CCc2ccccc2C1CC(=O)O. The van der Waals surface area contributed by atoms with Gasteiger partial charge in [0.1, 0.15) is 0 Å². The zero-order valence-electron chi connectivity index (χ0n) is 11.3. The molecule has 0 aromatic heterocycles. The van der Waals surface area contributed by atoms with E-state index in [9.17, 15) is 9.59 Å². The smallest absolute Gasteiger partial charge is 0.305 e. The third kappa shape index (κ3) is 2.78. The van der Waals surface area contributed by atoms with Crippen molar-refractivity contribution in [2.45, 2.75) is 32.7 Å². The summed E-state index contributed by atoms with van der Waals surface area (Å²) in [7, 11) is 0. The van der Waals surface area contributed by atoms with Gasteiger partial charge in [-0.1, -0.05) is 38.1 Å². The summed E-state index contributed by atoms with van der Waals surface area (Å²) in [4.78, 5) is 25.0. The molecule has 0 saturated carbocycles. The van der Waals surface area contributed by atoms with Crippen LogP contribution >= 0.6 is 0 Å². The van der Waals surface area contributed by atoms with Gasteiger partial charge in [0, 0.05) is 12.5 Å². The van der Waals surface area contributed by atoms with Gasteiger partial charge in [-0.15, -0.1) is 0 Å². The van der Waals surface area contributed by atoms with Gasteiger partial charge in [-0.3, -0.25) is 9.59 Å². The van der Waals surface area contributed by atoms with Gasteiger partial charge in [-0.25, -0.2) is 0 Å². The summed E-state index contributed by atoms with van der Waals surface area (Å²) in [5.41, 5.74) is 2.13. The molecule has 0 radical (unpaired) electrons. The van der Waals surface area contributed by atoms with Crippen molar-refractivity contribution < 1.29 is 14.7 Å². The Kier molecular flexibility index (Phi) is 3.88. The van der Waals surface area contributed by atoms with Crippen LogP contribution < -0.4 is 0 Å². The van der Waals surface area contributed by atoms with Crippen molar-refractivity contribution >= 4 is 11.9 Å². The summed E-state index contributed by atoms with van der Waals surface area (Å²) < 4.78 is 0. The summed E-state index contributed by atoms with van der Waals surface area (Å²) in [5, 5.41) is 9.09. The molecular formula is C15H19NO3. The molecule has 1 aromatic rings. The molecule has 1 amide bonds. The van der Waals surface area contributed by atoms with Crippen LogP contribution in [0.5, 0.6) is 0 Å². The molecule has 102 valence electrons. The van der Waals surface area contributed by atoms with Crippen molar-refractivity contribution in [3.63, 3.8) is 0 Å². The summed E-state index contributed by atoms with van der Waals surface area (Å²) in [5.74, 6) is -0.953. The zero-order valence-corrected chi connectivity index (χ0v) is 11.3. The van der Waals surface area contributed by atoms with Gasteiger partial charge in [0.05, 0.1) is 12.5 Å². The Morgan fingerprint density at radius 3 is 2.68 bits per heavy atom. The molecule has 4 nitrogen and oxygen atoms in total. The summed E-state index contributed by atoms with van der Waals surface area (Å²) in [6.45, 7) is 4.30. The van der Waals surface area contributed by atoms with E-state index in [1.807, 2.05) is 38.1 Å². The van der Waals surface area contributed by atoms with E-state index in [0.717, 1.165) is 17.5 Å². The van der Waals surface area contributed by atoms with Crippen molar-refractivity contribution in [3.05, 3.63) is 35.4 Å². The van der Waals surface area contributed by atoms with Crippen molar-refractivity contribution in [1.29, 1.82) is 0 Å². The Morgan fingerprint density at radius 2 is 2.05 bits per heavy atom. The van der Waals surface area contributed by atoms with E-state index in [1.165, 1.54) is 0 Å². The maximum Gasteiger partial charge on any atom is 0.305 e. The highest BCUT2D eigenvalue weighted by atomic mass is 16.4. The van der Waals surface area contributed by atoms with Crippen molar-refractivity contribution in [2.75, 3.05) is 6.54 Å². The molecule has 1 N–H and O–H groups in total. The number of carboxylic acids is 1. The predicted octanol–water partition coefficient (Wildman–Crippen LogP) is 2.24. The summed E-state index contributed by atoms with van der Waals surface area (Å²) in [6.07, 6.45) is 0.764. The first-order valence-electron chi connectivity index (χ1n) is 6.60. The highest BCUT2D eigenvalue weighted by molar-refractivity contribution is 5.80. The molecule has 4 heteroatoms. The van der Waals surface area contributed by atoms with Crippen LogP contribution in [0.4, 0.5) is 0 Å². The average molecular weight is 261 g/mol. The Hall–Kier alpha value is -1.84. The van der Waals surface area contributed by atoms with Crippen LogP contribution in [0.3, 0.4) is 0 Å². The van der Waals surface area contributed by atoms with Gasteiger partial charge in [0.25, 0.3) is 0 Å². The molecule has 2 rings (SSSR count). The van der Waals surface area contributed by atoms with Gasteiger partial charge in [-0.05, 0) is 17.5 Å². The average Bonchev–Trinajstić information content (AvgIpc) is 2.37. The number of hydrogen-bond donors (Lipinski definition) is 1. The van der Waals surface area contributed by atoms with E-state index >= 15 is 0 Å². The number of nitrogens with zero attached hydrogens (tertiary/aromatic N) is 1. The molecule has 0 fully saturated rings. The Morgan fingerprint density at radius 1 is 1.37 bits per heavy atom. The first-order chi connectivity index (χ1) is 9.00. The highest BCUT2D eigenvalue weighted by Crippen LogP contribution is 2.33. The van der Waals surface area contributed by atoms with Crippen LogP contribution in [0.2, 0.25) is 0 Å². The first-order valence-corrected chi connectivity index (χ1v) is 6.60. The second kappa shape index (κ2) is 5.43. The lowest BCUT2D eigenvalue weighted by Crippen LogP contribution is -2.42. The molecule has 0 aliphatic carbocycles. The third-order valence-electron chi connectivity index (χ3n) is 3.56. The molecule has 1 atom stereocenters. The van der Waals surface area contributed by atoms with E-state index in [1.54, 1.807) is 4.90 Å². The number of hydrogen-bond acceptors (Lipinski definition) is 2. The minimum atomic E-state index is -0.872. The monoisotopic (exact) mass is 261 g/mol. The van der Waals surface area contributed by atoms with Gasteiger partial charge in [0.15, 0.2) is 0 Å². The minimum absolute atomic E-state index is 0.0285. The predicted molar refractivity (Wildman–Crippen MR) is 71.7 cm³/mol. The van der Waals surface area contributed by atoms with Gasteiger partial charge >= 0.3 is 5.97 Å². The highest BCUT2D eigenvalue weighted by Gasteiger charge is 2.32. The third-order valence-corrected chi connectivity index (χ3v) is 3.56. The summed E-state index contributed by atoms with van der Waals surface area (Å²) >= 11 is 0. The molecule has 0 bridgehead atoms. The maximum absolute atomic E-state index is 12.2. The fraction of sp³-hybridized carbons (Fsp3) is 0.467. The number of carboxylic acid groups (broad SMARTS) is 1. The quantitative estimate of drug-likeness (QED) is 0.907. The van der Waals surface area contributed by atoms with Crippen LogP contribution in [0.1, 0.15) is 37.4 Å². The largest absolute Gasteiger partial charge is 0.481 e. The lowest BCUT2D eigenvalue weighted by Gasteiger charge is -2.37. The zero-order chi connectivity index (χ0) is 14.0. The number of fused-ring (bicyclic) bond motifs is 1. The van der Waals surface area contributed by atoms with Crippen molar-refractivity contribution in [3.8, 4) is 0 Å². The number of carbonyl (C=O) groups excluding carboxylic acids is 1. The van der Waals surface area contributed by atoms with Crippen LogP contribution in [-0.4, -0.2) is 28.4 Å². The van der Waals surface area contributed by atoms with E-state index in [0.29, 0.717) is 6.54 Å². The van der Waals surface area contributed by atoms with E-state index in [-0.39, 0.29) is 24.3 Å². The molecule has 0 spiro atoms. The Labute approximate surface area is 113 Å². The molecular weight excluding hydrogens is 242 g/mol. The molecule has 19 heavy (non-hydrogen) atoms. The fourth-order valence-electron chi connectivity index (χ4n) is 2.63. The van der Waals surface area contributed by atoms with Crippen LogP contribution in [0.15, 0.2) is 24.3 Å². The second-order valence-corrected chi connectivity index (χ2v) is 5.25. The van der Waals surface area contributed by atoms with E-state index < -0.39 is 5.97 Å². The lowest BCUT2D eigenvalue weighted by atomic mass is 9.90. The number of carbonyl (C=O) groups is 2. The second-order valence-electron chi connectivity index (χ2n) is 5.25. The van der Waals surface area contributed by atoms with Crippen LogP contribution in [-0.2, 0) is 16.0 Å².